The monoisotopic (exact) mass is 258 g/mol. The Morgan fingerprint density at radius 3 is 2.65 bits per heavy atom. The van der Waals surface area contributed by atoms with Crippen molar-refractivity contribution < 1.29 is 14.0 Å². The number of alkyl halides is 1. The van der Waals surface area contributed by atoms with Crippen LogP contribution in [0, 0.1) is 5.82 Å². The molecule has 0 bridgehead atoms. The standard InChI is InChI=1S/C11H12ClFN2O2/c1-7(12)10(16)15-11(17)14-6-8-4-2-3-5-9(8)13/h2-5,7H,6H2,1H3,(H2,14,15,16,17). The van der Waals surface area contributed by atoms with E-state index in [2.05, 4.69) is 5.32 Å². The van der Waals surface area contributed by atoms with Gasteiger partial charge in [0.1, 0.15) is 11.2 Å². The van der Waals surface area contributed by atoms with Gasteiger partial charge in [0.2, 0.25) is 5.91 Å². The van der Waals surface area contributed by atoms with E-state index in [4.69, 9.17) is 11.6 Å². The number of hydrogen-bond acceptors (Lipinski definition) is 2. The molecular formula is C11H12ClFN2O2. The van der Waals surface area contributed by atoms with Crippen LogP contribution in [-0.4, -0.2) is 17.3 Å². The van der Waals surface area contributed by atoms with Gasteiger partial charge in [-0.2, -0.15) is 0 Å². The predicted octanol–water partition coefficient (Wildman–Crippen LogP) is 1.78. The van der Waals surface area contributed by atoms with Gasteiger partial charge in [-0.25, -0.2) is 9.18 Å². The Hall–Kier alpha value is -1.62. The number of urea groups is 1. The fourth-order valence-corrected chi connectivity index (χ4v) is 1.13. The largest absolute Gasteiger partial charge is 0.334 e. The van der Waals surface area contributed by atoms with E-state index in [-0.39, 0.29) is 6.54 Å². The number of amides is 3. The van der Waals surface area contributed by atoms with Crippen LogP contribution in [0.3, 0.4) is 0 Å². The zero-order valence-electron chi connectivity index (χ0n) is 9.17. The third kappa shape index (κ3) is 4.40. The van der Waals surface area contributed by atoms with E-state index in [1.807, 2.05) is 5.32 Å². The van der Waals surface area contributed by atoms with Gasteiger partial charge in [-0.05, 0) is 13.0 Å². The Bertz CT molecular complexity index is 424. The van der Waals surface area contributed by atoms with E-state index in [0.29, 0.717) is 5.56 Å². The van der Waals surface area contributed by atoms with Crippen LogP contribution in [0.4, 0.5) is 9.18 Å². The fraction of sp³-hybridized carbons (Fsp3) is 0.273. The van der Waals surface area contributed by atoms with Crippen LogP contribution in [0.25, 0.3) is 0 Å². The van der Waals surface area contributed by atoms with Gasteiger partial charge in [-0.3, -0.25) is 10.1 Å². The topological polar surface area (TPSA) is 58.2 Å². The molecule has 1 aromatic rings. The van der Waals surface area contributed by atoms with Crippen molar-refractivity contribution in [1.29, 1.82) is 0 Å². The van der Waals surface area contributed by atoms with Crippen LogP contribution in [0.2, 0.25) is 0 Å². The van der Waals surface area contributed by atoms with Crippen LogP contribution in [-0.2, 0) is 11.3 Å². The zero-order chi connectivity index (χ0) is 12.8. The van der Waals surface area contributed by atoms with Crippen LogP contribution >= 0.6 is 11.6 Å². The molecule has 92 valence electrons. The maximum absolute atomic E-state index is 13.2. The minimum atomic E-state index is -0.797. The predicted molar refractivity (Wildman–Crippen MR) is 62.1 cm³/mol. The molecule has 1 aromatic carbocycles. The second-order valence-corrected chi connectivity index (χ2v) is 4.03. The molecular weight excluding hydrogens is 247 g/mol. The summed E-state index contributed by atoms with van der Waals surface area (Å²) >= 11 is 5.46. The van der Waals surface area contributed by atoms with Crippen molar-refractivity contribution >= 4 is 23.5 Å². The first kappa shape index (κ1) is 13.4. The summed E-state index contributed by atoms with van der Waals surface area (Å²) < 4.78 is 13.2. The summed E-state index contributed by atoms with van der Waals surface area (Å²) in [6.45, 7) is 1.45. The highest BCUT2D eigenvalue weighted by molar-refractivity contribution is 6.31. The molecule has 4 nitrogen and oxygen atoms in total. The van der Waals surface area contributed by atoms with Crippen molar-refractivity contribution in [3.05, 3.63) is 35.6 Å². The Morgan fingerprint density at radius 2 is 2.06 bits per heavy atom. The summed E-state index contributed by atoms with van der Waals surface area (Å²) in [5.41, 5.74) is 0.342. The number of nitrogens with one attached hydrogen (secondary N) is 2. The van der Waals surface area contributed by atoms with E-state index < -0.39 is 23.1 Å². The van der Waals surface area contributed by atoms with E-state index in [1.165, 1.54) is 13.0 Å². The summed E-state index contributed by atoms with van der Waals surface area (Å²) in [5.74, 6) is -1.01. The van der Waals surface area contributed by atoms with Crippen molar-refractivity contribution in [2.45, 2.75) is 18.8 Å². The van der Waals surface area contributed by atoms with Gasteiger partial charge < -0.3 is 5.32 Å². The Balaban J connectivity index is 2.44. The minimum Gasteiger partial charge on any atom is -0.334 e. The van der Waals surface area contributed by atoms with Crippen LogP contribution in [0.15, 0.2) is 24.3 Å². The molecule has 0 aromatic heterocycles. The molecule has 17 heavy (non-hydrogen) atoms. The molecule has 0 aliphatic rings. The highest BCUT2D eigenvalue weighted by atomic mass is 35.5. The molecule has 2 N–H and O–H groups in total. The summed E-state index contributed by atoms with van der Waals surface area (Å²) in [5, 5.41) is 3.58. The van der Waals surface area contributed by atoms with Crippen LogP contribution < -0.4 is 10.6 Å². The van der Waals surface area contributed by atoms with Gasteiger partial charge in [0.05, 0.1) is 0 Å². The first-order valence-corrected chi connectivity index (χ1v) is 5.40. The lowest BCUT2D eigenvalue weighted by Gasteiger charge is -2.08. The molecule has 0 spiro atoms. The molecule has 3 amide bonds. The molecule has 6 heteroatoms. The Morgan fingerprint density at radius 1 is 1.41 bits per heavy atom. The molecule has 0 radical (unpaired) electrons. The summed E-state index contributed by atoms with van der Waals surface area (Å²) in [6, 6.07) is 5.34. The lowest BCUT2D eigenvalue weighted by Crippen LogP contribution is -2.42. The van der Waals surface area contributed by atoms with Crippen LogP contribution in [0.5, 0.6) is 0 Å². The number of rotatable bonds is 3. The molecule has 0 heterocycles. The Kier molecular flexibility index (Phi) is 4.90. The van der Waals surface area contributed by atoms with Crippen LogP contribution in [0.1, 0.15) is 12.5 Å². The quantitative estimate of drug-likeness (QED) is 0.812. The minimum absolute atomic E-state index is 0.00243. The smallest absolute Gasteiger partial charge is 0.321 e. The van der Waals surface area contributed by atoms with Gasteiger partial charge in [0, 0.05) is 12.1 Å². The molecule has 0 saturated heterocycles. The SMILES string of the molecule is CC(Cl)C(=O)NC(=O)NCc1ccccc1F. The first-order chi connectivity index (χ1) is 8.00. The molecule has 1 unspecified atom stereocenters. The van der Waals surface area contributed by atoms with Crippen molar-refractivity contribution in [2.24, 2.45) is 0 Å². The fourth-order valence-electron chi connectivity index (χ4n) is 1.07. The maximum atomic E-state index is 13.2. The van der Waals surface area contributed by atoms with Gasteiger partial charge in [0.25, 0.3) is 0 Å². The summed E-state index contributed by atoms with van der Waals surface area (Å²) in [6.07, 6.45) is 0. The van der Waals surface area contributed by atoms with E-state index in [1.54, 1.807) is 18.2 Å². The number of benzene rings is 1. The second kappa shape index (κ2) is 6.20. The number of imide groups is 1. The van der Waals surface area contributed by atoms with Crippen molar-refractivity contribution in [3.63, 3.8) is 0 Å². The number of halogens is 2. The second-order valence-electron chi connectivity index (χ2n) is 3.38. The van der Waals surface area contributed by atoms with Crippen molar-refractivity contribution in [2.75, 3.05) is 0 Å². The van der Waals surface area contributed by atoms with Gasteiger partial charge in [-0.15, -0.1) is 11.6 Å². The highest BCUT2D eigenvalue weighted by Gasteiger charge is 2.12. The van der Waals surface area contributed by atoms with Crippen molar-refractivity contribution in [3.8, 4) is 0 Å². The number of hydrogen-bond donors (Lipinski definition) is 2. The lowest BCUT2D eigenvalue weighted by atomic mass is 10.2. The van der Waals surface area contributed by atoms with Crippen molar-refractivity contribution in [1.82, 2.24) is 10.6 Å². The van der Waals surface area contributed by atoms with E-state index in [0.717, 1.165) is 0 Å². The molecule has 1 rings (SSSR count). The lowest BCUT2D eigenvalue weighted by molar-refractivity contribution is -0.119. The zero-order valence-corrected chi connectivity index (χ0v) is 9.92. The molecule has 0 aliphatic carbocycles. The first-order valence-electron chi connectivity index (χ1n) is 4.97. The normalized spacial score (nSPS) is 11.7. The van der Waals surface area contributed by atoms with Gasteiger partial charge in [0.15, 0.2) is 0 Å². The molecule has 0 aliphatic heterocycles. The number of carbonyl (C=O) groups is 2. The number of carbonyl (C=O) groups excluding carboxylic acids is 2. The average molecular weight is 259 g/mol. The molecule has 0 saturated carbocycles. The van der Waals surface area contributed by atoms with Gasteiger partial charge >= 0.3 is 6.03 Å². The molecule has 0 fully saturated rings. The third-order valence-electron chi connectivity index (χ3n) is 2.00. The van der Waals surface area contributed by atoms with E-state index >= 15 is 0 Å². The summed E-state index contributed by atoms with van der Waals surface area (Å²) in [7, 11) is 0. The molecule has 1 atom stereocenters. The average Bonchev–Trinajstić information content (AvgIpc) is 2.27. The van der Waals surface area contributed by atoms with Gasteiger partial charge in [-0.1, -0.05) is 18.2 Å². The maximum Gasteiger partial charge on any atom is 0.321 e. The Labute approximate surface area is 103 Å². The third-order valence-corrected chi connectivity index (χ3v) is 2.19. The van der Waals surface area contributed by atoms with E-state index in [9.17, 15) is 14.0 Å². The summed E-state index contributed by atoms with van der Waals surface area (Å²) in [4.78, 5) is 22.3. The highest BCUT2D eigenvalue weighted by Crippen LogP contribution is 2.05.